The first-order valence-corrected chi connectivity index (χ1v) is 7.74. The lowest BCUT2D eigenvalue weighted by Gasteiger charge is -2.15. The van der Waals surface area contributed by atoms with Crippen LogP contribution in [-0.4, -0.2) is 26.3 Å². The van der Waals surface area contributed by atoms with Crippen LogP contribution in [0.25, 0.3) is 0 Å². The molecule has 0 amide bonds. The third kappa shape index (κ3) is 3.63. The van der Waals surface area contributed by atoms with E-state index in [4.69, 9.17) is 0 Å². The molecule has 0 radical (unpaired) electrons. The fourth-order valence-electron chi connectivity index (χ4n) is 1.61. The quantitative estimate of drug-likeness (QED) is 0.790. The van der Waals surface area contributed by atoms with Crippen molar-refractivity contribution in [2.45, 2.75) is 31.1 Å². The minimum Gasteiger partial charge on any atom is -0.313 e. The standard InChI is InChI=1S/C12H15F3N2O2S/c1-7(6-16-8-2-3-8)20(18,19)17-9-4-10(13)12(15)11(14)5-9/h4-5,7-8,16-17H,2-3,6H2,1H3. The number of benzene rings is 1. The molecule has 2 N–H and O–H groups in total. The van der Waals surface area contributed by atoms with Crippen molar-refractivity contribution in [2.75, 3.05) is 11.3 Å². The van der Waals surface area contributed by atoms with Gasteiger partial charge in [0.15, 0.2) is 17.5 Å². The molecule has 0 heterocycles. The van der Waals surface area contributed by atoms with Gasteiger partial charge >= 0.3 is 0 Å². The van der Waals surface area contributed by atoms with Gasteiger partial charge in [-0.2, -0.15) is 0 Å². The minimum atomic E-state index is -3.80. The van der Waals surface area contributed by atoms with Gasteiger partial charge in [0.2, 0.25) is 10.0 Å². The Bertz CT molecular complexity index is 580. The Morgan fingerprint density at radius 1 is 1.25 bits per heavy atom. The van der Waals surface area contributed by atoms with E-state index in [1.165, 1.54) is 6.92 Å². The van der Waals surface area contributed by atoms with Crippen LogP contribution in [0.15, 0.2) is 12.1 Å². The smallest absolute Gasteiger partial charge is 0.236 e. The van der Waals surface area contributed by atoms with Gasteiger partial charge in [-0.05, 0) is 19.8 Å². The van der Waals surface area contributed by atoms with Gasteiger partial charge in [-0.15, -0.1) is 0 Å². The van der Waals surface area contributed by atoms with Crippen molar-refractivity contribution in [3.05, 3.63) is 29.6 Å². The molecule has 0 saturated heterocycles. The molecule has 1 atom stereocenters. The van der Waals surface area contributed by atoms with E-state index in [0.29, 0.717) is 18.2 Å². The molecule has 20 heavy (non-hydrogen) atoms. The van der Waals surface area contributed by atoms with Crippen LogP contribution in [0.2, 0.25) is 0 Å². The fraction of sp³-hybridized carbons (Fsp3) is 0.500. The zero-order valence-corrected chi connectivity index (χ0v) is 11.6. The summed E-state index contributed by atoms with van der Waals surface area (Å²) in [5.41, 5.74) is -0.334. The predicted octanol–water partition coefficient (Wildman–Crippen LogP) is 1.99. The monoisotopic (exact) mass is 308 g/mol. The summed E-state index contributed by atoms with van der Waals surface area (Å²) in [7, 11) is -3.80. The van der Waals surface area contributed by atoms with Crippen molar-refractivity contribution in [1.29, 1.82) is 0 Å². The third-order valence-electron chi connectivity index (χ3n) is 3.04. The van der Waals surface area contributed by atoms with E-state index in [1.54, 1.807) is 0 Å². The molecule has 0 spiro atoms. The van der Waals surface area contributed by atoms with Crippen LogP contribution in [0, 0.1) is 17.5 Å². The lowest BCUT2D eigenvalue weighted by atomic mass is 10.3. The largest absolute Gasteiger partial charge is 0.313 e. The number of hydrogen-bond acceptors (Lipinski definition) is 3. The van der Waals surface area contributed by atoms with Crippen LogP contribution in [0.5, 0.6) is 0 Å². The van der Waals surface area contributed by atoms with Gasteiger partial charge in [-0.25, -0.2) is 21.6 Å². The van der Waals surface area contributed by atoms with E-state index >= 15 is 0 Å². The zero-order chi connectivity index (χ0) is 14.9. The molecule has 0 aromatic heterocycles. The topological polar surface area (TPSA) is 58.2 Å². The SMILES string of the molecule is CC(CNC1CC1)S(=O)(=O)Nc1cc(F)c(F)c(F)c1. The average Bonchev–Trinajstić information content (AvgIpc) is 3.16. The van der Waals surface area contributed by atoms with Crippen molar-refractivity contribution in [3.63, 3.8) is 0 Å². The van der Waals surface area contributed by atoms with E-state index in [9.17, 15) is 21.6 Å². The first-order chi connectivity index (χ1) is 9.29. The molecule has 0 bridgehead atoms. The minimum absolute atomic E-state index is 0.242. The maximum Gasteiger partial charge on any atom is 0.236 e. The second kappa shape index (κ2) is 5.61. The van der Waals surface area contributed by atoms with Crippen LogP contribution in [0.3, 0.4) is 0 Å². The summed E-state index contributed by atoms with van der Waals surface area (Å²) < 4.78 is 64.8. The van der Waals surface area contributed by atoms with Crippen LogP contribution in [0.1, 0.15) is 19.8 Å². The van der Waals surface area contributed by atoms with Gasteiger partial charge in [0.25, 0.3) is 0 Å². The van der Waals surface area contributed by atoms with Crippen LogP contribution in [0.4, 0.5) is 18.9 Å². The third-order valence-corrected chi connectivity index (χ3v) is 4.79. The normalized spacial score (nSPS) is 17.0. The number of sulfonamides is 1. The second-order valence-corrected chi connectivity index (χ2v) is 6.99. The first kappa shape index (κ1) is 15.1. The van der Waals surface area contributed by atoms with E-state index < -0.39 is 32.7 Å². The summed E-state index contributed by atoms with van der Waals surface area (Å²) in [5, 5.41) is 2.27. The summed E-state index contributed by atoms with van der Waals surface area (Å²) >= 11 is 0. The molecule has 4 nitrogen and oxygen atoms in total. The molecule has 2 rings (SSSR count). The Morgan fingerprint density at radius 3 is 2.30 bits per heavy atom. The summed E-state index contributed by atoms with van der Waals surface area (Å²) in [6.45, 7) is 1.72. The maximum absolute atomic E-state index is 13.0. The molecule has 112 valence electrons. The van der Waals surface area contributed by atoms with Crippen molar-refractivity contribution in [3.8, 4) is 0 Å². The van der Waals surface area contributed by atoms with Crippen LogP contribution >= 0.6 is 0 Å². The Balaban J connectivity index is 2.06. The van der Waals surface area contributed by atoms with Crippen molar-refractivity contribution in [1.82, 2.24) is 5.32 Å². The van der Waals surface area contributed by atoms with E-state index in [0.717, 1.165) is 12.8 Å². The Morgan fingerprint density at radius 2 is 1.80 bits per heavy atom. The molecule has 1 aromatic carbocycles. The second-order valence-electron chi connectivity index (χ2n) is 4.89. The molecule has 1 unspecified atom stereocenters. The molecule has 8 heteroatoms. The first-order valence-electron chi connectivity index (χ1n) is 6.19. The molecule has 0 aliphatic heterocycles. The van der Waals surface area contributed by atoms with E-state index in [1.807, 2.05) is 0 Å². The van der Waals surface area contributed by atoms with Gasteiger partial charge < -0.3 is 5.32 Å². The van der Waals surface area contributed by atoms with Gasteiger partial charge in [-0.1, -0.05) is 0 Å². The predicted molar refractivity (Wildman–Crippen MR) is 69.3 cm³/mol. The summed E-state index contributed by atoms with van der Waals surface area (Å²) in [6, 6.07) is 1.57. The highest BCUT2D eigenvalue weighted by atomic mass is 32.2. The molecule has 1 aliphatic carbocycles. The van der Waals surface area contributed by atoms with Crippen molar-refractivity contribution >= 4 is 15.7 Å². The fourth-order valence-corrected chi connectivity index (χ4v) is 2.57. The molecule has 1 saturated carbocycles. The average molecular weight is 308 g/mol. The lowest BCUT2D eigenvalue weighted by Crippen LogP contribution is -2.35. The van der Waals surface area contributed by atoms with Gasteiger partial charge in [0.05, 0.1) is 10.9 Å². The zero-order valence-electron chi connectivity index (χ0n) is 10.8. The highest BCUT2D eigenvalue weighted by molar-refractivity contribution is 7.93. The number of rotatable bonds is 6. The van der Waals surface area contributed by atoms with Gasteiger partial charge in [-0.3, -0.25) is 4.72 Å². The van der Waals surface area contributed by atoms with Crippen LogP contribution in [-0.2, 0) is 10.0 Å². The highest BCUT2D eigenvalue weighted by Gasteiger charge is 2.26. The summed E-state index contributed by atoms with van der Waals surface area (Å²) in [6.07, 6.45) is 2.04. The molecule has 1 aromatic rings. The van der Waals surface area contributed by atoms with Gasteiger partial charge in [0.1, 0.15) is 0 Å². The van der Waals surface area contributed by atoms with Gasteiger partial charge in [0, 0.05) is 24.7 Å². The van der Waals surface area contributed by atoms with E-state index in [2.05, 4.69) is 10.0 Å². The lowest BCUT2D eigenvalue weighted by molar-refractivity contribution is 0.448. The Labute approximate surface area is 115 Å². The molecule has 1 fully saturated rings. The summed E-state index contributed by atoms with van der Waals surface area (Å²) in [5.74, 6) is -4.51. The highest BCUT2D eigenvalue weighted by Crippen LogP contribution is 2.21. The van der Waals surface area contributed by atoms with E-state index in [-0.39, 0.29) is 12.2 Å². The maximum atomic E-state index is 13.0. The van der Waals surface area contributed by atoms with Crippen molar-refractivity contribution in [2.24, 2.45) is 0 Å². The van der Waals surface area contributed by atoms with Crippen LogP contribution < -0.4 is 10.0 Å². The number of halogens is 3. The van der Waals surface area contributed by atoms with Crippen molar-refractivity contribution < 1.29 is 21.6 Å². The molecular weight excluding hydrogens is 293 g/mol. The number of nitrogens with one attached hydrogen (secondary N) is 2. The Kier molecular flexibility index (Phi) is 4.24. The molecular formula is C12H15F3N2O2S. The Hall–Kier alpha value is -1.28. The molecule has 1 aliphatic rings. The number of hydrogen-bond donors (Lipinski definition) is 2. The number of anilines is 1. The summed E-state index contributed by atoms with van der Waals surface area (Å²) in [4.78, 5) is 0.